The van der Waals surface area contributed by atoms with Crippen molar-refractivity contribution in [3.05, 3.63) is 35.2 Å². The summed E-state index contributed by atoms with van der Waals surface area (Å²) < 4.78 is 19.3. The van der Waals surface area contributed by atoms with E-state index in [4.69, 9.17) is 16.3 Å². The highest BCUT2D eigenvalue weighted by Gasteiger charge is 2.28. The van der Waals surface area contributed by atoms with E-state index in [-0.39, 0.29) is 11.2 Å². The Hall–Kier alpha value is -2.45. The number of hydrogen-bond donors (Lipinski definition) is 3. The van der Waals surface area contributed by atoms with Crippen molar-refractivity contribution in [2.24, 2.45) is 0 Å². The Morgan fingerprint density at radius 2 is 2.08 bits per heavy atom. The van der Waals surface area contributed by atoms with Crippen LogP contribution in [-0.4, -0.2) is 38.7 Å². The average molecular weight is 377 g/mol. The third-order valence-electron chi connectivity index (χ3n) is 4.43. The summed E-state index contributed by atoms with van der Waals surface area (Å²) in [7, 11) is 0. The molecule has 136 valence electrons. The number of imidazole rings is 1. The molecule has 26 heavy (non-hydrogen) atoms. The van der Waals surface area contributed by atoms with Gasteiger partial charge in [-0.25, -0.2) is 9.37 Å². The molecule has 0 spiro atoms. The Kier molecular flexibility index (Phi) is 4.37. The van der Waals surface area contributed by atoms with Crippen molar-refractivity contribution in [2.45, 2.75) is 25.3 Å². The van der Waals surface area contributed by atoms with Crippen LogP contribution in [-0.2, 0) is 4.74 Å². The first-order chi connectivity index (χ1) is 12.5. The molecule has 0 bridgehead atoms. The number of hydrogen-bond acceptors (Lipinski definition) is 6. The molecule has 1 aliphatic heterocycles. The van der Waals surface area contributed by atoms with E-state index >= 15 is 0 Å². The molecule has 1 saturated heterocycles. The molecule has 0 amide bonds. The molecule has 1 aromatic carbocycles. The van der Waals surface area contributed by atoms with Gasteiger partial charge in [-0.3, -0.25) is 0 Å². The minimum absolute atomic E-state index is 0.104. The quantitative estimate of drug-likeness (QED) is 0.640. The van der Waals surface area contributed by atoms with Crippen LogP contribution in [0.4, 0.5) is 22.0 Å². The van der Waals surface area contributed by atoms with Crippen LogP contribution in [0.5, 0.6) is 0 Å². The summed E-state index contributed by atoms with van der Waals surface area (Å²) in [4.78, 5) is 16.2. The van der Waals surface area contributed by atoms with Gasteiger partial charge in [0.25, 0.3) is 0 Å². The molecule has 0 unspecified atom stereocenters. The van der Waals surface area contributed by atoms with Crippen molar-refractivity contribution < 1.29 is 9.13 Å². The molecule has 3 N–H and O–H groups in total. The molecule has 1 fully saturated rings. The lowest BCUT2D eigenvalue weighted by atomic mass is 9.93. The Bertz CT molecular complexity index is 940. The maximum absolute atomic E-state index is 13.9. The van der Waals surface area contributed by atoms with Gasteiger partial charge in [0.1, 0.15) is 11.3 Å². The van der Waals surface area contributed by atoms with Gasteiger partial charge in [0.15, 0.2) is 5.65 Å². The van der Waals surface area contributed by atoms with E-state index in [0.29, 0.717) is 41.3 Å². The summed E-state index contributed by atoms with van der Waals surface area (Å²) in [5, 5.41) is 6.68. The van der Waals surface area contributed by atoms with Crippen LogP contribution in [0.25, 0.3) is 11.2 Å². The topological polar surface area (TPSA) is 87.8 Å². The maximum atomic E-state index is 13.9. The number of benzene rings is 1. The van der Waals surface area contributed by atoms with Gasteiger partial charge in [0.05, 0.1) is 11.9 Å². The normalized spacial score (nSPS) is 16.6. The van der Waals surface area contributed by atoms with Gasteiger partial charge in [-0.1, -0.05) is 11.6 Å². The fourth-order valence-corrected chi connectivity index (χ4v) is 3.04. The molecule has 3 aromatic rings. The molecule has 3 heterocycles. The van der Waals surface area contributed by atoms with Gasteiger partial charge in [-0.05, 0) is 38.0 Å². The summed E-state index contributed by atoms with van der Waals surface area (Å²) in [6, 6.07) is 4.28. The number of ether oxygens (including phenoxy) is 1. The number of aromatic nitrogens is 4. The number of nitrogens with zero attached hydrogens (tertiary/aromatic N) is 3. The first kappa shape index (κ1) is 17.0. The number of nitrogens with one attached hydrogen (secondary N) is 3. The van der Waals surface area contributed by atoms with E-state index in [0.717, 1.165) is 12.8 Å². The van der Waals surface area contributed by atoms with E-state index in [1.807, 2.05) is 0 Å². The zero-order valence-corrected chi connectivity index (χ0v) is 14.9. The molecule has 7 nitrogen and oxygen atoms in total. The summed E-state index contributed by atoms with van der Waals surface area (Å²) in [5.74, 6) is 0.453. The van der Waals surface area contributed by atoms with Gasteiger partial charge in [-0.15, -0.1) is 0 Å². The highest BCUT2D eigenvalue weighted by Crippen LogP contribution is 2.26. The second-order valence-corrected chi connectivity index (χ2v) is 7.00. The Morgan fingerprint density at radius 3 is 2.88 bits per heavy atom. The van der Waals surface area contributed by atoms with E-state index < -0.39 is 5.82 Å². The molecule has 4 rings (SSSR count). The van der Waals surface area contributed by atoms with Gasteiger partial charge >= 0.3 is 0 Å². The number of halogens is 2. The number of aromatic amines is 1. The number of H-pyrrole nitrogens is 1. The summed E-state index contributed by atoms with van der Waals surface area (Å²) in [6.45, 7) is 3.56. The Labute approximate surface area is 154 Å². The lowest BCUT2D eigenvalue weighted by molar-refractivity contribution is 0.0656. The zero-order valence-electron chi connectivity index (χ0n) is 14.1. The first-order valence-corrected chi connectivity index (χ1v) is 8.69. The standard InChI is InChI=1S/C17H18ClFN6O/c1-17(4-6-26-7-5-17)25-15-20-9-13-14(23-15)24-16(22-13)21-12-8-10(18)2-3-11(12)19/h2-3,8-9H,4-7H2,1H3,(H3,20,21,22,23,24,25). The SMILES string of the molecule is CC1(Nc2ncc3[nH]c(Nc4cc(Cl)ccc4F)nc3n2)CCOCC1. The van der Waals surface area contributed by atoms with Crippen LogP contribution in [0.1, 0.15) is 19.8 Å². The molecule has 0 radical (unpaired) electrons. The van der Waals surface area contributed by atoms with Gasteiger partial charge in [-0.2, -0.15) is 9.97 Å². The smallest absolute Gasteiger partial charge is 0.225 e. The summed E-state index contributed by atoms with van der Waals surface area (Å²) in [6.07, 6.45) is 3.42. The van der Waals surface area contributed by atoms with Crippen molar-refractivity contribution in [1.29, 1.82) is 0 Å². The lowest BCUT2D eigenvalue weighted by Gasteiger charge is -2.34. The number of rotatable bonds is 4. The van der Waals surface area contributed by atoms with Crippen LogP contribution in [0.15, 0.2) is 24.4 Å². The monoisotopic (exact) mass is 376 g/mol. The average Bonchev–Trinajstić information content (AvgIpc) is 3.00. The fraction of sp³-hybridized carbons (Fsp3) is 0.353. The predicted molar refractivity (Wildman–Crippen MR) is 98.5 cm³/mol. The van der Waals surface area contributed by atoms with E-state index in [1.54, 1.807) is 6.20 Å². The minimum Gasteiger partial charge on any atom is -0.381 e. The van der Waals surface area contributed by atoms with Crippen molar-refractivity contribution in [1.82, 2.24) is 19.9 Å². The molecule has 1 aliphatic rings. The van der Waals surface area contributed by atoms with Crippen LogP contribution in [0, 0.1) is 5.82 Å². The fourth-order valence-electron chi connectivity index (χ4n) is 2.86. The van der Waals surface area contributed by atoms with E-state index in [2.05, 4.69) is 37.5 Å². The van der Waals surface area contributed by atoms with E-state index in [1.165, 1.54) is 18.2 Å². The van der Waals surface area contributed by atoms with Gasteiger partial charge < -0.3 is 20.4 Å². The summed E-state index contributed by atoms with van der Waals surface area (Å²) in [5.41, 5.74) is 1.27. The lowest BCUT2D eigenvalue weighted by Crippen LogP contribution is -2.41. The second-order valence-electron chi connectivity index (χ2n) is 6.56. The van der Waals surface area contributed by atoms with Crippen LogP contribution in [0.3, 0.4) is 0 Å². The molecule has 9 heteroatoms. The Morgan fingerprint density at radius 1 is 1.27 bits per heavy atom. The van der Waals surface area contributed by atoms with Gasteiger partial charge in [0.2, 0.25) is 11.9 Å². The first-order valence-electron chi connectivity index (χ1n) is 8.32. The Balaban J connectivity index is 1.56. The molecule has 2 aromatic heterocycles. The highest BCUT2D eigenvalue weighted by molar-refractivity contribution is 6.30. The summed E-state index contributed by atoms with van der Waals surface area (Å²) >= 11 is 5.91. The molecule has 0 atom stereocenters. The van der Waals surface area contributed by atoms with Crippen molar-refractivity contribution in [3.8, 4) is 0 Å². The van der Waals surface area contributed by atoms with Crippen LogP contribution in [0.2, 0.25) is 5.02 Å². The molecular weight excluding hydrogens is 359 g/mol. The predicted octanol–water partition coefficient (Wildman–Crippen LogP) is 3.87. The highest BCUT2D eigenvalue weighted by atomic mass is 35.5. The minimum atomic E-state index is -0.421. The maximum Gasteiger partial charge on any atom is 0.225 e. The number of fused-ring (bicyclic) bond motifs is 1. The third-order valence-corrected chi connectivity index (χ3v) is 4.67. The van der Waals surface area contributed by atoms with Crippen molar-refractivity contribution >= 4 is 40.3 Å². The zero-order chi connectivity index (χ0) is 18.1. The number of anilines is 3. The van der Waals surface area contributed by atoms with Crippen molar-refractivity contribution in [3.63, 3.8) is 0 Å². The molecular formula is C17H18ClFN6O. The largest absolute Gasteiger partial charge is 0.381 e. The third kappa shape index (κ3) is 3.56. The molecule has 0 aliphatic carbocycles. The van der Waals surface area contributed by atoms with E-state index in [9.17, 15) is 4.39 Å². The van der Waals surface area contributed by atoms with Crippen LogP contribution < -0.4 is 10.6 Å². The van der Waals surface area contributed by atoms with Crippen molar-refractivity contribution in [2.75, 3.05) is 23.8 Å². The van der Waals surface area contributed by atoms with Gasteiger partial charge in [0, 0.05) is 23.8 Å². The van der Waals surface area contributed by atoms with Crippen LogP contribution >= 0.6 is 11.6 Å². The second kappa shape index (κ2) is 6.69. The molecule has 0 saturated carbocycles.